The second-order valence-corrected chi connectivity index (χ2v) is 3.43. The molecule has 68 valence electrons. The highest BCUT2D eigenvalue weighted by molar-refractivity contribution is 4.71. The Morgan fingerprint density at radius 1 is 0.909 bits per heavy atom. The Morgan fingerprint density at radius 2 is 1.27 bits per heavy atom. The van der Waals surface area contributed by atoms with Gasteiger partial charge in [-0.25, -0.2) is 0 Å². The van der Waals surface area contributed by atoms with E-state index in [1.165, 1.54) is 6.92 Å². The maximum atomic E-state index is 12.1. The highest BCUT2D eigenvalue weighted by atomic mass is 19.4. The summed E-state index contributed by atoms with van der Waals surface area (Å²) in [6, 6.07) is 0. The molecule has 3 heteroatoms. The molecule has 0 nitrogen and oxygen atoms in total. The Labute approximate surface area is 65.8 Å². The molecule has 0 aliphatic carbocycles. The van der Waals surface area contributed by atoms with Gasteiger partial charge in [-0.2, -0.15) is 13.2 Å². The first kappa shape index (κ1) is 10.8. The van der Waals surface area contributed by atoms with Gasteiger partial charge in [0, 0.05) is 0 Å². The molecule has 1 unspecified atom stereocenters. The minimum absolute atomic E-state index is 0.0895. The van der Waals surface area contributed by atoms with Crippen molar-refractivity contribution in [2.45, 2.75) is 33.9 Å². The maximum Gasteiger partial charge on any atom is 0.391 e. The number of alkyl halides is 3. The van der Waals surface area contributed by atoms with E-state index < -0.39 is 12.1 Å². The highest BCUT2D eigenvalue weighted by Crippen LogP contribution is 2.34. The molecular weight excluding hydrogens is 153 g/mol. The van der Waals surface area contributed by atoms with Crippen molar-refractivity contribution in [3.63, 3.8) is 0 Å². The molecule has 0 aliphatic rings. The number of rotatable bonds is 2. The summed E-state index contributed by atoms with van der Waals surface area (Å²) in [7, 11) is 0. The number of halogens is 3. The molecule has 0 radical (unpaired) electrons. The molecular formula is C8H15F3. The summed E-state index contributed by atoms with van der Waals surface area (Å²) in [6.45, 7) is 6.51. The van der Waals surface area contributed by atoms with Gasteiger partial charge in [0.15, 0.2) is 0 Å². The lowest BCUT2D eigenvalue weighted by atomic mass is 9.86. The van der Waals surface area contributed by atoms with Crippen LogP contribution in [0.15, 0.2) is 0 Å². The van der Waals surface area contributed by atoms with Crippen LogP contribution >= 0.6 is 0 Å². The van der Waals surface area contributed by atoms with Gasteiger partial charge >= 0.3 is 6.18 Å². The smallest absolute Gasteiger partial charge is 0.171 e. The molecule has 0 heterocycles. The molecule has 0 aromatic heterocycles. The summed E-state index contributed by atoms with van der Waals surface area (Å²) in [5.41, 5.74) is 0. The molecule has 2 atom stereocenters. The van der Waals surface area contributed by atoms with Crippen molar-refractivity contribution in [1.29, 1.82) is 0 Å². The molecule has 0 rings (SSSR count). The van der Waals surface area contributed by atoms with E-state index in [0.717, 1.165) is 0 Å². The van der Waals surface area contributed by atoms with E-state index in [2.05, 4.69) is 0 Å². The second-order valence-electron chi connectivity index (χ2n) is 3.43. The standard InChI is InChI=1S/C8H15F3/c1-5(2)6(3)7(4)8(9,10)11/h5-7H,1-4H3/t6-,7?/m0/s1. The molecule has 0 saturated heterocycles. The van der Waals surface area contributed by atoms with Crippen LogP contribution in [0.25, 0.3) is 0 Å². The Balaban J connectivity index is 4.13. The van der Waals surface area contributed by atoms with Crippen LogP contribution in [0.2, 0.25) is 0 Å². The largest absolute Gasteiger partial charge is 0.391 e. The van der Waals surface area contributed by atoms with E-state index in [0.29, 0.717) is 0 Å². The normalized spacial score (nSPS) is 18.5. The lowest BCUT2D eigenvalue weighted by Crippen LogP contribution is -2.28. The van der Waals surface area contributed by atoms with Gasteiger partial charge < -0.3 is 0 Å². The molecule has 11 heavy (non-hydrogen) atoms. The van der Waals surface area contributed by atoms with Crippen molar-refractivity contribution in [2.75, 3.05) is 0 Å². The van der Waals surface area contributed by atoms with Crippen LogP contribution in [-0.4, -0.2) is 6.18 Å². The summed E-state index contributed by atoms with van der Waals surface area (Å²) in [5, 5.41) is 0. The minimum atomic E-state index is -4.04. The molecule has 0 spiro atoms. The van der Waals surface area contributed by atoms with Gasteiger partial charge in [0.2, 0.25) is 0 Å². The summed E-state index contributed by atoms with van der Waals surface area (Å²) < 4.78 is 36.2. The van der Waals surface area contributed by atoms with Crippen molar-refractivity contribution in [1.82, 2.24) is 0 Å². The van der Waals surface area contributed by atoms with Gasteiger partial charge in [-0.1, -0.05) is 27.7 Å². The van der Waals surface area contributed by atoms with Crippen LogP contribution in [0.1, 0.15) is 27.7 Å². The lowest BCUT2D eigenvalue weighted by molar-refractivity contribution is -0.185. The SMILES string of the molecule is CC(C)[C@H](C)C(C)C(F)(F)F. The predicted octanol–water partition coefficient (Wildman–Crippen LogP) is 3.48. The number of hydrogen-bond acceptors (Lipinski definition) is 0. The zero-order valence-corrected chi connectivity index (χ0v) is 7.37. The van der Waals surface area contributed by atoms with Gasteiger partial charge in [-0.05, 0) is 11.8 Å². The van der Waals surface area contributed by atoms with E-state index in [1.54, 1.807) is 6.92 Å². The Kier molecular flexibility index (Phi) is 3.39. The van der Waals surface area contributed by atoms with Crippen molar-refractivity contribution in [3.05, 3.63) is 0 Å². The fraction of sp³-hybridized carbons (Fsp3) is 1.00. The average molecular weight is 168 g/mol. The third-order valence-corrected chi connectivity index (χ3v) is 2.36. The number of hydrogen-bond donors (Lipinski definition) is 0. The fourth-order valence-electron chi connectivity index (χ4n) is 0.875. The van der Waals surface area contributed by atoms with E-state index in [-0.39, 0.29) is 11.8 Å². The first-order valence-corrected chi connectivity index (χ1v) is 3.83. The molecule has 0 aromatic carbocycles. The van der Waals surface area contributed by atoms with E-state index in [4.69, 9.17) is 0 Å². The second kappa shape index (κ2) is 3.46. The molecule has 0 aliphatic heterocycles. The van der Waals surface area contributed by atoms with Gasteiger partial charge in [-0.3, -0.25) is 0 Å². The Morgan fingerprint density at radius 3 is 1.36 bits per heavy atom. The summed E-state index contributed by atoms with van der Waals surface area (Å²) >= 11 is 0. The highest BCUT2D eigenvalue weighted by Gasteiger charge is 2.39. The quantitative estimate of drug-likeness (QED) is 0.592. The van der Waals surface area contributed by atoms with Gasteiger partial charge in [0.1, 0.15) is 0 Å². The first-order chi connectivity index (χ1) is 4.76. The van der Waals surface area contributed by atoms with Crippen LogP contribution < -0.4 is 0 Å². The molecule has 0 saturated carbocycles. The van der Waals surface area contributed by atoms with Crippen LogP contribution in [0, 0.1) is 17.8 Å². The topological polar surface area (TPSA) is 0 Å². The van der Waals surface area contributed by atoms with Gasteiger partial charge in [0.05, 0.1) is 5.92 Å². The van der Waals surface area contributed by atoms with Crippen LogP contribution in [0.4, 0.5) is 13.2 Å². The van der Waals surface area contributed by atoms with Crippen LogP contribution in [-0.2, 0) is 0 Å². The minimum Gasteiger partial charge on any atom is -0.171 e. The third-order valence-electron chi connectivity index (χ3n) is 2.36. The molecule has 0 fully saturated rings. The molecule has 0 amide bonds. The van der Waals surface area contributed by atoms with Crippen molar-refractivity contribution in [3.8, 4) is 0 Å². The van der Waals surface area contributed by atoms with Crippen LogP contribution in [0.5, 0.6) is 0 Å². The Bertz CT molecular complexity index is 115. The maximum absolute atomic E-state index is 12.1. The molecule has 0 aromatic rings. The van der Waals surface area contributed by atoms with Gasteiger partial charge in [-0.15, -0.1) is 0 Å². The molecule has 0 bridgehead atoms. The van der Waals surface area contributed by atoms with E-state index >= 15 is 0 Å². The summed E-state index contributed by atoms with van der Waals surface area (Å²) in [6.07, 6.45) is -4.04. The van der Waals surface area contributed by atoms with Gasteiger partial charge in [0.25, 0.3) is 0 Å². The summed E-state index contributed by atoms with van der Waals surface area (Å²) in [5.74, 6) is -1.40. The monoisotopic (exact) mass is 168 g/mol. The van der Waals surface area contributed by atoms with Crippen LogP contribution in [0.3, 0.4) is 0 Å². The lowest BCUT2D eigenvalue weighted by Gasteiger charge is -2.25. The Hall–Kier alpha value is -0.210. The summed E-state index contributed by atoms with van der Waals surface area (Å²) in [4.78, 5) is 0. The third kappa shape index (κ3) is 3.12. The predicted molar refractivity (Wildman–Crippen MR) is 39.2 cm³/mol. The first-order valence-electron chi connectivity index (χ1n) is 3.83. The van der Waals surface area contributed by atoms with E-state index in [1.807, 2.05) is 13.8 Å². The zero-order valence-electron chi connectivity index (χ0n) is 7.37. The molecule has 0 N–H and O–H groups in total. The van der Waals surface area contributed by atoms with Crippen molar-refractivity contribution >= 4 is 0 Å². The van der Waals surface area contributed by atoms with Crippen molar-refractivity contribution in [2.24, 2.45) is 17.8 Å². The van der Waals surface area contributed by atoms with Crippen molar-refractivity contribution < 1.29 is 13.2 Å². The fourth-order valence-corrected chi connectivity index (χ4v) is 0.875. The average Bonchev–Trinajstić information content (AvgIpc) is 1.82. The van der Waals surface area contributed by atoms with E-state index in [9.17, 15) is 13.2 Å². The zero-order chi connectivity index (χ0) is 9.23.